The lowest BCUT2D eigenvalue weighted by Gasteiger charge is -2.33. The first kappa shape index (κ1) is 19.5. The van der Waals surface area contributed by atoms with Crippen LogP contribution in [0.25, 0.3) is 0 Å². The molecule has 25 heavy (non-hydrogen) atoms. The summed E-state index contributed by atoms with van der Waals surface area (Å²) in [5.41, 5.74) is 6.84. The smallest absolute Gasteiger partial charge is 0.328 e. The second-order valence-electron chi connectivity index (χ2n) is 8.08. The van der Waals surface area contributed by atoms with Crippen molar-refractivity contribution < 1.29 is 9.90 Å². The zero-order valence-corrected chi connectivity index (χ0v) is 16.2. The quantitative estimate of drug-likeness (QED) is 0.456. The molecule has 0 unspecified atom stereocenters. The molecule has 0 heterocycles. The first-order chi connectivity index (χ1) is 11.8. The first-order valence-electron chi connectivity index (χ1n) is 9.49. The highest BCUT2D eigenvalue weighted by molar-refractivity contribution is 5.81. The van der Waals surface area contributed by atoms with E-state index in [1.165, 1.54) is 60.5 Å². The van der Waals surface area contributed by atoms with Gasteiger partial charge in [0.2, 0.25) is 0 Å². The van der Waals surface area contributed by atoms with Gasteiger partial charge in [0.25, 0.3) is 0 Å². The first-order valence-corrected chi connectivity index (χ1v) is 9.49. The number of carbonyl (C=O) groups is 1. The largest absolute Gasteiger partial charge is 0.478 e. The fourth-order valence-corrected chi connectivity index (χ4v) is 4.00. The van der Waals surface area contributed by atoms with Crippen LogP contribution < -0.4 is 0 Å². The Balaban J connectivity index is 2.26. The predicted molar refractivity (Wildman–Crippen MR) is 105 cm³/mol. The van der Waals surface area contributed by atoms with E-state index in [4.69, 9.17) is 5.11 Å². The van der Waals surface area contributed by atoms with E-state index in [9.17, 15) is 4.79 Å². The topological polar surface area (TPSA) is 37.3 Å². The molecule has 0 saturated heterocycles. The molecule has 0 radical (unpaired) electrons. The molecule has 0 atom stereocenters. The number of carboxylic acids is 1. The predicted octanol–water partition coefficient (Wildman–Crippen LogP) is 6.53. The molecular weight excluding hydrogens is 308 g/mol. The molecule has 0 saturated carbocycles. The molecule has 2 nitrogen and oxygen atoms in total. The number of carboxylic acid groups (broad SMARTS) is 1. The Morgan fingerprint density at radius 2 is 1.64 bits per heavy atom. The van der Waals surface area contributed by atoms with Crippen molar-refractivity contribution in [3.63, 3.8) is 0 Å². The Bertz CT molecular complexity index is 666. The highest BCUT2D eigenvalue weighted by atomic mass is 16.4. The Labute approximate surface area is 152 Å². The van der Waals surface area contributed by atoms with Gasteiger partial charge in [-0.1, -0.05) is 43.7 Å². The van der Waals surface area contributed by atoms with Crippen LogP contribution in [-0.2, 0) is 4.79 Å². The van der Waals surface area contributed by atoms with E-state index >= 15 is 0 Å². The summed E-state index contributed by atoms with van der Waals surface area (Å²) in [6, 6.07) is 0. The third-order valence-corrected chi connectivity index (χ3v) is 5.45. The van der Waals surface area contributed by atoms with Crippen LogP contribution in [0.4, 0.5) is 0 Å². The zero-order chi connectivity index (χ0) is 18.4. The van der Waals surface area contributed by atoms with Crippen molar-refractivity contribution in [1.82, 2.24) is 0 Å². The van der Waals surface area contributed by atoms with Crippen LogP contribution in [0.1, 0.15) is 72.6 Å². The fraction of sp³-hybridized carbons (Fsp3) is 0.522. The maximum absolute atomic E-state index is 10.8. The molecule has 2 heteroatoms. The van der Waals surface area contributed by atoms with Crippen LogP contribution in [0.2, 0.25) is 0 Å². The molecule has 0 aromatic heterocycles. The van der Waals surface area contributed by atoms with Crippen LogP contribution in [0, 0.1) is 5.41 Å². The van der Waals surface area contributed by atoms with Gasteiger partial charge in [-0.05, 0) is 86.5 Å². The molecule has 2 aliphatic rings. The lowest BCUT2D eigenvalue weighted by atomic mass is 9.72. The maximum atomic E-state index is 10.8. The van der Waals surface area contributed by atoms with E-state index in [1.807, 2.05) is 13.0 Å². The van der Waals surface area contributed by atoms with Gasteiger partial charge in [0.15, 0.2) is 0 Å². The molecule has 0 aliphatic heterocycles. The molecule has 2 aliphatic carbocycles. The van der Waals surface area contributed by atoms with E-state index in [0.29, 0.717) is 0 Å². The molecule has 136 valence electrons. The van der Waals surface area contributed by atoms with Crippen LogP contribution in [0.5, 0.6) is 0 Å². The lowest BCUT2D eigenvalue weighted by Crippen LogP contribution is -2.19. The average molecular weight is 341 g/mol. The van der Waals surface area contributed by atoms with Crippen LogP contribution in [0.3, 0.4) is 0 Å². The molecule has 0 aromatic rings. The highest BCUT2D eigenvalue weighted by Crippen LogP contribution is 2.41. The van der Waals surface area contributed by atoms with Crippen LogP contribution in [-0.4, -0.2) is 11.1 Å². The molecular formula is C23H32O2. The minimum Gasteiger partial charge on any atom is -0.478 e. The van der Waals surface area contributed by atoms with Gasteiger partial charge in [0.05, 0.1) is 0 Å². The molecule has 1 N–H and O–H groups in total. The summed E-state index contributed by atoms with van der Waals surface area (Å²) in [6.45, 7) is 8.82. The van der Waals surface area contributed by atoms with Crippen molar-refractivity contribution in [3.05, 3.63) is 58.2 Å². The average Bonchev–Trinajstić information content (AvgIpc) is 2.52. The number of allylic oxidation sites excluding steroid dienone is 9. The summed E-state index contributed by atoms with van der Waals surface area (Å²) in [6.07, 6.45) is 18.4. The van der Waals surface area contributed by atoms with Crippen molar-refractivity contribution in [2.24, 2.45) is 5.41 Å². The minimum atomic E-state index is -0.887. The second kappa shape index (κ2) is 8.51. The number of aliphatic carboxylic acids is 1. The molecule has 0 fully saturated rings. The van der Waals surface area contributed by atoms with Gasteiger partial charge in [0, 0.05) is 6.08 Å². The SMILES string of the molecule is CC1=C(C=CC2=C(/C=C/C(C)=C/C(=O)O)CCCC2)C(C)(C)CCC1. The highest BCUT2D eigenvalue weighted by Gasteiger charge is 2.26. The maximum Gasteiger partial charge on any atom is 0.328 e. The van der Waals surface area contributed by atoms with Gasteiger partial charge in [0.1, 0.15) is 0 Å². The van der Waals surface area contributed by atoms with Crippen molar-refractivity contribution in [3.8, 4) is 0 Å². The Kier molecular flexibility index (Phi) is 6.64. The monoisotopic (exact) mass is 340 g/mol. The van der Waals surface area contributed by atoms with Gasteiger partial charge in [-0.15, -0.1) is 0 Å². The third-order valence-electron chi connectivity index (χ3n) is 5.45. The van der Waals surface area contributed by atoms with Gasteiger partial charge >= 0.3 is 5.97 Å². The van der Waals surface area contributed by atoms with E-state index < -0.39 is 5.97 Å². The molecule has 0 aromatic carbocycles. The number of hydrogen-bond donors (Lipinski definition) is 1. The van der Waals surface area contributed by atoms with Crippen LogP contribution in [0.15, 0.2) is 58.2 Å². The number of rotatable bonds is 5. The summed E-state index contributed by atoms with van der Waals surface area (Å²) in [4.78, 5) is 10.8. The summed E-state index contributed by atoms with van der Waals surface area (Å²) in [5, 5.41) is 8.84. The normalized spacial score (nSPS) is 22.3. The van der Waals surface area contributed by atoms with Gasteiger partial charge in [-0.2, -0.15) is 0 Å². The molecule has 0 spiro atoms. The van der Waals surface area contributed by atoms with Crippen molar-refractivity contribution >= 4 is 5.97 Å². The Morgan fingerprint density at radius 1 is 1.00 bits per heavy atom. The fourth-order valence-electron chi connectivity index (χ4n) is 4.00. The van der Waals surface area contributed by atoms with Gasteiger partial charge in [-0.3, -0.25) is 0 Å². The summed E-state index contributed by atoms with van der Waals surface area (Å²) in [7, 11) is 0. The Morgan fingerprint density at radius 3 is 2.24 bits per heavy atom. The van der Waals surface area contributed by atoms with E-state index in [-0.39, 0.29) is 5.41 Å². The zero-order valence-electron chi connectivity index (χ0n) is 16.2. The molecule has 2 rings (SSSR count). The van der Waals surface area contributed by atoms with E-state index in [0.717, 1.165) is 18.4 Å². The lowest BCUT2D eigenvalue weighted by molar-refractivity contribution is -0.131. The van der Waals surface area contributed by atoms with Gasteiger partial charge < -0.3 is 5.11 Å². The minimum absolute atomic E-state index is 0.269. The summed E-state index contributed by atoms with van der Waals surface area (Å²) in [5.74, 6) is -0.887. The summed E-state index contributed by atoms with van der Waals surface area (Å²) >= 11 is 0. The second-order valence-corrected chi connectivity index (χ2v) is 8.08. The molecule has 0 bridgehead atoms. The number of hydrogen-bond acceptors (Lipinski definition) is 1. The van der Waals surface area contributed by atoms with Crippen molar-refractivity contribution in [1.29, 1.82) is 0 Å². The van der Waals surface area contributed by atoms with E-state index in [1.54, 1.807) is 0 Å². The summed E-state index contributed by atoms with van der Waals surface area (Å²) < 4.78 is 0. The Hall–Kier alpha value is -1.83. The van der Waals surface area contributed by atoms with Crippen molar-refractivity contribution in [2.45, 2.75) is 72.6 Å². The van der Waals surface area contributed by atoms with Crippen LogP contribution >= 0.6 is 0 Å². The molecule has 0 amide bonds. The van der Waals surface area contributed by atoms with Crippen molar-refractivity contribution in [2.75, 3.05) is 0 Å². The standard InChI is InChI=1S/C23H32O2/c1-17(16-22(24)25)11-12-19-9-5-6-10-20(19)13-14-21-18(2)8-7-15-23(21,3)4/h11-14,16H,5-10,15H2,1-4H3,(H,24,25)/b12-11+,14-13?,17-16+. The van der Waals surface area contributed by atoms with Gasteiger partial charge in [-0.25, -0.2) is 4.79 Å². The van der Waals surface area contributed by atoms with E-state index in [2.05, 4.69) is 39.0 Å². The third kappa shape index (κ3) is 5.59.